The number of rotatable bonds is 5. The average Bonchev–Trinajstić information content (AvgIpc) is 2.27. The van der Waals surface area contributed by atoms with Crippen molar-refractivity contribution in [3.8, 4) is 5.75 Å². The van der Waals surface area contributed by atoms with E-state index < -0.39 is 6.04 Å². The summed E-state index contributed by atoms with van der Waals surface area (Å²) in [7, 11) is 0. The summed E-state index contributed by atoms with van der Waals surface area (Å²) in [6.45, 7) is 6.35. The van der Waals surface area contributed by atoms with Gasteiger partial charge in [-0.2, -0.15) is 0 Å². The highest BCUT2D eigenvalue weighted by Crippen LogP contribution is 2.28. The SMILES string of the molecule is CC(C)COc1ccc(NC(=O)[C@@H](C)N)cc1Cl.Cl. The van der Waals surface area contributed by atoms with Crippen molar-refractivity contribution in [3.05, 3.63) is 23.2 Å². The van der Waals surface area contributed by atoms with E-state index in [1.54, 1.807) is 25.1 Å². The van der Waals surface area contributed by atoms with Crippen LogP contribution in [0.3, 0.4) is 0 Å². The number of halogens is 2. The highest BCUT2D eigenvalue weighted by Gasteiger charge is 2.09. The van der Waals surface area contributed by atoms with Gasteiger partial charge >= 0.3 is 0 Å². The topological polar surface area (TPSA) is 64.3 Å². The molecule has 0 unspecified atom stereocenters. The Kier molecular flexibility index (Phi) is 7.83. The fourth-order valence-corrected chi connectivity index (χ4v) is 1.44. The minimum Gasteiger partial charge on any atom is -0.492 e. The molecule has 0 heterocycles. The molecule has 0 saturated heterocycles. The van der Waals surface area contributed by atoms with Crippen molar-refractivity contribution in [1.82, 2.24) is 0 Å². The van der Waals surface area contributed by atoms with Crippen LogP contribution in [0.25, 0.3) is 0 Å². The van der Waals surface area contributed by atoms with Gasteiger partial charge < -0.3 is 15.8 Å². The number of ether oxygens (including phenoxy) is 1. The standard InChI is InChI=1S/C13H19ClN2O2.ClH/c1-8(2)7-18-12-5-4-10(6-11(12)14)16-13(17)9(3)15;/h4-6,8-9H,7,15H2,1-3H3,(H,16,17);1H/t9-;/m1./s1. The monoisotopic (exact) mass is 306 g/mol. The third-order valence-corrected chi connectivity index (χ3v) is 2.48. The normalized spacial score (nSPS) is 11.7. The Morgan fingerprint density at radius 3 is 2.53 bits per heavy atom. The first-order valence-corrected chi connectivity index (χ1v) is 6.26. The van der Waals surface area contributed by atoms with Crippen LogP contribution in [-0.2, 0) is 4.79 Å². The zero-order chi connectivity index (χ0) is 13.7. The van der Waals surface area contributed by atoms with Crippen LogP contribution in [0.4, 0.5) is 5.69 Å². The minimum atomic E-state index is -0.555. The van der Waals surface area contributed by atoms with Crippen LogP contribution >= 0.6 is 24.0 Å². The van der Waals surface area contributed by atoms with Crippen molar-refractivity contribution >= 4 is 35.6 Å². The van der Waals surface area contributed by atoms with Crippen molar-refractivity contribution in [2.24, 2.45) is 11.7 Å². The molecule has 0 bridgehead atoms. The molecule has 3 N–H and O–H groups in total. The summed E-state index contributed by atoms with van der Waals surface area (Å²) in [6.07, 6.45) is 0. The number of hydrogen-bond acceptors (Lipinski definition) is 3. The van der Waals surface area contributed by atoms with E-state index in [1.165, 1.54) is 0 Å². The van der Waals surface area contributed by atoms with Gasteiger partial charge in [0, 0.05) is 5.69 Å². The Bertz CT molecular complexity index is 423. The van der Waals surface area contributed by atoms with Gasteiger partial charge in [-0.05, 0) is 31.0 Å². The Balaban J connectivity index is 0.00000324. The predicted octanol–water partition coefficient (Wildman–Crippen LogP) is 3.08. The third kappa shape index (κ3) is 6.14. The second-order valence-electron chi connectivity index (χ2n) is 4.63. The van der Waals surface area contributed by atoms with Crippen LogP contribution in [0.15, 0.2) is 18.2 Å². The molecule has 1 atom stereocenters. The lowest BCUT2D eigenvalue weighted by Gasteiger charge is -2.12. The summed E-state index contributed by atoms with van der Waals surface area (Å²) >= 11 is 6.07. The highest BCUT2D eigenvalue weighted by molar-refractivity contribution is 6.32. The van der Waals surface area contributed by atoms with E-state index in [4.69, 9.17) is 22.1 Å². The molecule has 0 spiro atoms. The molecular weight excluding hydrogens is 287 g/mol. The molecule has 19 heavy (non-hydrogen) atoms. The fourth-order valence-electron chi connectivity index (χ4n) is 1.21. The van der Waals surface area contributed by atoms with Crippen molar-refractivity contribution in [2.45, 2.75) is 26.8 Å². The van der Waals surface area contributed by atoms with E-state index >= 15 is 0 Å². The van der Waals surface area contributed by atoms with E-state index in [-0.39, 0.29) is 18.3 Å². The fraction of sp³-hybridized carbons (Fsp3) is 0.462. The molecule has 4 nitrogen and oxygen atoms in total. The Morgan fingerprint density at radius 2 is 2.05 bits per heavy atom. The highest BCUT2D eigenvalue weighted by atomic mass is 35.5. The molecule has 0 saturated carbocycles. The van der Waals surface area contributed by atoms with E-state index in [0.29, 0.717) is 29.0 Å². The van der Waals surface area contributed by atoms with Crippen LogP contribution in [-0.4, -0.2) is 18.6 Å². The first-order valence-electron chi connectivity index (χ1n) is 5.89. The van der Waals surface area contributed by atoms with E-state index in [9.17, 15) is 4.79 Å². The molecule has 1 amide bonds. The number of carbonyl (C=O) groups excluding carboxylic acids is 1. The second kappa shape index (κ2) is 8.25. The summed E-state index contributed by atoms with van der Waals surface area (Å²) in [5, 5.41) is 3.14. The van der Waals surface area contributed by atoms with Crippen LogP contribution in [0.1, 0.15) is 20.8 Å². The zero-order valence-electron chi connectivity index (χ0n) is 11.3. The van der Waals surface area contributed by atoms with E-state index in [2.05, 4.69) is 19.2 Å². The first kappa shape index (κ1) is 18.0. The van der Waals surface area contributed by atoms with E-state index in [1.807, 2.05) is 0 Å². The first-order chi connectivity index (χ1) is 8.40. The lowest BCUT2D eigenvalue weighted by atomic mass is 10.2. The zero-order valence-corrected chi connectivity index (χ0v) is 12.8. The number of hydrogen-bond donors (Lipinski definition) is 2. The molecule has 1 rings (SSSR count). The van der Waals surface area contributed by atoms with Gasteiger partial charge in [-0.15, -0.1) is 12.4 Å². The summed E-state index contributed by atoms with van der Waals surface area (Å²) in [5.41, 5.74) is 6.07. The van der Waals surface area contributed by atoms with Gasteiger partial charge in [0.1, 0.15) is 5.75 Å². The van der Waals surface area contributed by atoms with Crippen LogP contribution < -0.4 is 15.8 Å². The smallest absolute Gasteiger partial charge is 0.240 e. The molecule has 0 aliphatic rings. The van der Waals surface area contributed by atoms with E-state index in [0.717, 1.165) is 0 Å². The minimum absolute atomic E-state index is 0. The largest absolute Gasteiger partial charge is 0.492 e. The average molecular weight is 307 g/mol. The summed E-state index contributed by atoms with van der Waals surface area (Å²) in [6, 6.07) is 4.57. The maximum absolute atomic E-state index is 11.4. The van der Waals surface area contributed by atoms with Crippen molar-refractivity contribution in [1.29, 1.82) is 0 Å². The number of nitrogens with two attached hydrogens (primary N) is 1. The number of amides is 1. The van der Waals surface area contributed by atoms with Gasteiger partial charge in [-0.1, -0.05) is 25.4 Å². The number of carbonyl (C=O) groups is 1. The Morgan fingerprint density at radius 1 is 1.42 bits per heavy atom. The van der Waals surface area contributed by atoms with Crippen molar-refractivity contribution in [3.63, 3.8) is 0 Å². The molecule has 1 aromatic carbocycles. The summed E-state index contributed by atoms with van der Waals surface area (Å²) < 4.78 is 5.54. The molecule has 1 aromatic rings. The van der Waals surface area contributed by atoms with Gasteiger partial charge in [0.05, 0.1) is 17.7 Å². The Labute approximate surface area is 125 Å². The molecule has 108 valence electrons. The molecule has 0 radical (unpaired) electrons. The molecule has 6 heteroatoms. The number of benzene rings is 1. The predicted molar refractivity (Wildman–Crippen MR) is 81.3 cm³/mol. The Hall–Kier alpha value is -0.970. The van der Waals surface area contributed by atoms with Gasteiger partial charge in [0.25, 0.3) is 0 Å². The molecule has 0 aliphatic carbocycles. The van der Waals surface area contributed by atoms with Gasteiger partial charge in [0.2, 0.25) is 5.91 Å². The van der Waals surface area contributed by atoms with Crippen LogP contribution in [0.2, 0.25) is 5.02 Å². The lowest BCUT2D eigenvalue weighted by molar-refractivity contribution is -0.117. The quantitative estimate of drug-likeness (QED) is 0.878. The van der Waals surface area contributed by atoms with Crippen molar-refractivity contribution < 1.29 is 9.53 Å². The summed E-state index contributed by atoms with van der Waals surface area (Å²) in [5.74, 6) is 0.796. The van der Waals surface area contributed by atoms with Gasteiger partial charge in [0.15, 0.2) is 0 Å². The van der Waals surface area contributed by atoms with Gasteiger partial charge in [-0.25, -0.2) is 0 Å². The van der Waals surface area contributed by atoms with Crippen LogP contribution in [0.5, 0.6) is 5.75 Å². The van der Waals surface area contributed by atoms with Crippen LogP contribution in [0, 0.1) is 5.92 Å². The summed E-state index contributed by atoms with van der Waals surface area (Å²) in [4.78, 5) is 11.4. The maximum atomic E-state index is 11.4. The third-order valence-electron chi connectivity index (χ3n) is 2.19. The number of anilines is 1. The molecule has 0 fully saturated rings. The van der Waals surface area contributed by atoms with Crippen molar-refractivity contribution in [2.75, 3.05) is 11.9 Å². The molecular formula is C13H20Cl2N2O2. The number of nitrogens with one attached hydrogen (secondary N) is 1. The second-order valence-corrected chi connectivity index (χ2v) is 5.04. The lowest BCUT2D eigenvalue weighted by Crippen LogP contribution is -2.32. The maximum Gasteiger partial charge on any atom is 0.240 e. The van der Waals surface area contributed by atoms with Gasteiger partial charge in [-0.3, -0.25) is 4.79 Å². The molecule has 0 aliphatic heterocycles. The molecule has 0 aromatic heterocycles.